The molecule has 2 spiro atoms. The standard InChI is InChI=1S/C23H25NO3/c25-20-17-16-9-13-22(10-4-5-11-23(22)12-6-14-27-19(16)23)18(17)21(26)24(20)15-7-2-1-3-8-15/h1-3,7-9,13,16-19H,4-6,10-12,14H2/t16-,17+,18-,19-,22+,23-/m0/s1. The Labute approximate surface area is 159 Å². The molecule has 2 heterocycles. The van der Waals surface area contributed by atoms with Gasteiger partial charge in [-0.2, -0.15) is 0 Å². The predicted octanol–water partition coefficient (Wildman–Crippen LogP) is 3.72. The summed E-state index contributed by atoms with van der Waals surface area (Å²) in [6.07, 6.45) is 11.4. The van der Waals surface area contributed by atoms with Crippen LogP contribution in [0.2, 0.25) is 0 Å². The molecule has 6 atom stereocenters. The molecule has 0 radical (unpaired) electrons. The molecule has 2 aliphatic heterocycles. The van der Waals surface area contributed by atoms with E-state index in [0.717, 1.165) is 38.7 Å². The van der Waals surface area contributed by atoms with Gasteiger partial charge in [-0.15, -0.1) is 0 Å². The molecule has 2 saturated heterocycles. The number of anilines is 1. The van der Waals surface area contributed by atoms with Gasteiger partial charge in [-0.1, -0.05) is 43.2 Å². The van der Waals surface area contributed by atoms with Crippen LogP contribution in [0.3, 0.4) is 0 Å². The molecule has 140 valence electrons. The van der Waals surface area contributed by atoms with Gasteiger partial charge in [-0.3, -0.25) is 14.5 Å². The van der Waals surface area contributed by atoms with Crippen LogP contribution in [-0.4, -0.2) is 24.5 Å². The number of carbonyl (C=O) groups is 2. The summed E-state index contributed by atoms with van der Waals surface area (Å²) in [6, 6.07) is 9.46. The molecule has 2 amide bonds. The Morgan fingerprint density at radius 3 is 2.59 bits per heavy atom. The maximum Gasteiger partial charge on any atom is 0.238 e. The fourth-order valence-electron chi connectivity index (χ4n) is 7.45. The summed E-state index contributed by atoms with van der Waals surface area (Å²) in [5, 5.41) is 0. The van der Waals surface area contributed by atoms with Crippen molar-refractivity contribution in [2.75, 3.05) is 11.5 Å². The Kier molecular flexibility index (Phi) is 3.16. The van der Waals surface area contributed by atoms with E-state index in [-0.39, 0.29) is 46.5 Å². The first-order chi connectivity index (χ1) is 13.2. The Morgan fingerprint density at radius 2 is 1.74 bits per heavy atom. The van der Waals surface area contributed by atoms with E-state index in [0.29, 0.717) is 5.69 Å². The number of para-hydroxylation sites is 1. The van der Waals surface area contributed by atoms with Gasteiger partial charge in [-0.05, 0) is 37.8 Å². The molecule has 2 bridgehead atoms. The first kappa shape index (κ1) is 16.1. The maximum atomic E-state index is 13.7. The van der Waals surface area contributed by atoms with Crippen LogP contribution in [-0.2, 0) is 14.3 Å². The number of rotatable bonds is 1. The van der Waals surface area contributed by atoms with Crippen LogP contribution in [0.5, 0.6) is 0 Å². The number of amides is 2. The molecule has 27 heavy (non-hydrogen) atoms. The number of benzene rings is 1. The van der Waals surface area contributed by atoms with Crippen molar-refractivity contribution in [3.8, 4) is 0 Å². The lowest BCUT2D eigenvalue weighted by molar-refractivity contribution is -0.231. The van der Waals surface area contributed by atoms with E-state index in [4.69, 9.17) is 4.74 Å². The van der Waals surface area contributed by atoms with Crippen molar-refractivity contribution in [2.45, 2.75) is 44.6 Å². The van der Waals surface area contributed by atoms with E-state index >= 15 is 0 Å². The second kappa shape index (κ2) is 5.32. The minimum Gasteiger partial charge on any atom is -0.377 e. The monoisotopic (exact) mass is 363 g/mol. The molecular formula is C23H25NO3. The summed E-state index contributed by atoms with van der Waals surface area (Å²) < 4.78 is 6.37. The topological polar surface area (TPSA) is 46.6 Å². The zero-order valence-electron chi connectivity index (χ0n) is 15.5. The van der Waals surface area contributed by atoms with Crippen LogP contribution in [0, 0.1) is 28.6 Å². The van der Waals surface area contributed by atoms with Gasteiger partial charge in [0.25, 0.3) is 0 Å². The lowest BCUT2D eigenvalue weighted by atomic mass is 9.37. The average molecular weight is 363 g/mol. The van der Waals surface area contributed by atoms with E-state index in [1.807, 2.05) is 30.3 Å². The molecule has 6 aliphatic rings. The number of nitrogens with zero attached hydrogens (tertiary/aromatic N) is 1. The second-order valence-electron chi connectivity index (χ2n) is 9.09. The molecule has 1 aromatic rings. The van der Waals surface area contributed by atoms with Crippen LogP contribution in [0.4, 0.5) is 5.69 Å². The van der Waals surface area contributed by atoms with Crippen LogP contribution in [0.15, 0.2) is 42.5 Å². The molecule has 4 aliphatic carbocycles. The quantitative estimate of drug-likeness (QED) is 0.564. The minimum atomic E-state index is -0.253. The molecule has 1 aromatic carbocycles. The van der Waals surface area contributed by atoms with Crippen molar-refractivity contribution in [1.29, 1.82) is 0 Å². The highest BCUT2D eigenvalue weighted by Gasteiger charge is 2.74. The number of imide groups is 1. The normalized spacial score (nSPS) is 44.8. The van der Waals surface area contributed by atoms with Gasteiger partial charge in [-0.25, -0.2) is 0 Å². The van der Waals surface area contributed by atoms with Gasteiger partial charge in [0.2, 0.25) is 11.8 Å². The van der Waals surface area contributed by atoms with Crippen molar-refractivity contribution in [1.82, 2.24) is 0 Å². The Hall–Kier alpha value is -1.94. The van der Waals surface area contributed by atoms with Gasteiger partial charge < -0.3 is 4.74 Å². The molecule has 4 fully saturated rings. The third-order valence-electron chi connectivity index (χ3n) is 8.30. The summed E-state index contributed by atoms with van der Waals surface area (Å²) in [5.41, 5.74) is 0.560. The number of carbonyl (C=O) groups excluding carboxylic acids is 2. The highest BCUT2D eigenvalue weighted by Crippen LogP contribution is 2.72. The van der Waals surface area contributed by atoms with E-state index in [1.54, 1.807) is 0 Å². The molecule has 2 saturated carbocycles. The van der Waals surface area contributed by atoms with Crippen molar-refractivity contribution < 1.29 is 14.3 Å². The smallest absolute Gasteiger partial charge is 0.238 e. The Bertz CT molecular complexity index is 842. The maximum absolute atomic E-state index is 13.7. The Balaban J connectivity index is 1.53. The highest BCUT2D eigenvalue weighted by molar-refractivity contribution is 6.22. The van der Waals surface area contributed by atoms with E-state index < -0.39 is 0 Å². The van der Waals surface area contributed by atoms with E-state index in [2.05, 4.69) is 12.2 Å². The van der Waals surface area contributed by atoms with Gasteiger partial charge in [0.15, 0.2) is 0 Å². The molecule has 4 heteroatoms. The zero-order valence-corrected chi connectivity index (χ0v) is 15.5. The predicted molar refractivity (Wildman–Crippen MR) is 101 cm³/mol. The van der Waals surface area contributed by atoms with Crippen LogP contribution in [0.1, 0.15) is 38.5 Å². The van der Waals surface area contributed by atoms with E-state index in [1.165, 1.54) is 11.3 Å². The first-order valence-corrected chi connectivity index (χ1v) is 10.4. The number of hydrogen-bond donors (Lipinski definition) is 0. The lowest BCUT2D eigenvalue weighted by Gasteiger charge is -2.67. The van der Waals surface area contributed by atoms with Crippen LogP contribution >= 0.6 is 0 Å². The fraction of sp³-hybridized carbons (Fsp3) is 0.565. The summed E-state index contributed by atoms with van der Waals surface area (Å²) in [4.78, 5) is 28.7. The summed E-state index contributed by atoms with van der Waals surface area (Å²) >= 11 is 0. The van der Waals surface area contributed by atoms with Crippen molar-refractivity contribution in [3.05, 3.63) is 42.5 Å². The molecule has 0 N–H and O–H groups in total. The molecule has 7 rings (SSSR count). The Morgan fingerprint density at radius 1 is 0.963 bits per heavy atom. The molecule has 0 aromatic heterocycles. The second-order valence-corrected chi connectivity index (χ2v) is 9.09. The van der Waals surface area contributed by atoms with Gasteiger partial charge in [0.05, 0.1) is 23.6 Å². The fourth-order valence-corrected chi connectivity index (χ4v) is 7.45. The summed E-state index contributed by atoms with van der Waals surface area (Å²) in [6.45, 7) is 0.786. The number of allylic oxidation sites excluding steroid dienone is 1. The largest absolute Gasteiger partial charge is 0.377 e. The summed E-state index contributed by atoms with van der Waals surface area (Å²) in [5.74, 6) is -0.412. The van der Waals surface area contributed by atoms with Crippen molar-refractivity contribution >= 4 is 17.5 Å². The first-order valence-electron chi connectivity index (χ1n) is 10.4. The zero-order chi connectivity index (χ0) is 18.2. The lowest BCUT2D eigenvalue weighted by Crippen LogP contribution is -2.68. The van der Waals surface area contributed by atoms with Crippen LogP contribution < -0.4 is 4.90 Å². The molecule has 4 nitrogen and oxygen atoms in total. The average Bonchev–Trinajstić information content (AvgIpc) is 2.99. The summed E-state index contributed by atoms with van der Waals surface area (Å²) in [7, 11) is 0. The third kappa shape index (κ3) is 1.74. The van der Waals surface area contributed by atoms with Crippen molar-refractivity contribution in [2.24, 2.45) is 28.6 Å². The van der Waals surface area contributed by atoms with Gasteiger partial charge >= 0.3 is 0 Å². The van der Waals surface area contributed by atoms with E-state index in [9.17, 15) is 9.59 Å². The SMILES string of the molecule is O=C1[C@@H]2[C@@H]3C=C[C@]4(CCCC[C@@]45CCCO[C@@H]35)[C@@H]2C(=O)N1c1ccccc1. The van der Waals surface area contributed by atoms with Crippen molar-refractivity contribution in [3.63, 3.8) is 0 Å². The third-order valence-corrected chi connectivity index (χ3v) is 8.30. The van der Waals surface area contributed by atoms with Crippen LogP contribution in [0.25, 0.3) is 0 Å². The molecular weight excluding hydrogens is 338 g/mol. The molecule has 0 unspecified atom stereocenters. The van der Waals surface area contributed by atoms with Gasteiger partial charge in [0.1, 0.15) is 0 Å². The van der Waals surface area contributed by atoms with Gasteiger partial charge in [0, 0.05) is 23.4 Å². The minimum absolute atomic E-state index is 0.0155. The number of hydrogen-bond acceptors (Lipinski definition) is 3. The number of ether oxygens (including phenoxy) is 1. The highest BCUT2D eigenvalue weighted by atomic mass is 16.5.